The smallest absolute Gasteiger partial charge is 0.129 e. The Hall–Kier alpha value is 0.720. The third-order valence-electron chi connectivity index (χ3n) is 3.27. The molecular weight excluding hydrogens is 335 g/mol. The van der Waals surface area contributed by atoms with Crippen molar-refractivity contribution in [3.63, 3.8) is 0 Å². The average molecular weight is 370 g/mol. The van der Waals surface area contributed by atoms with E-state index >= 15 is 0 Å². The highest BCUT2D eigenvalue weighted by molar-refractivity contribution is 7.99. The standard InChI is InChI=1S/C16H34O3PS2/c1-3-5-7-9-11-13-21-15-18-20(17)19-16-22-14-12-10-8-6-4-2/h3-16H2,1-2H3/q+1. The van der Waals surface area contributed by atoms with Crippen LogP contribution in [0.1, 0.15) is 78.1 Å². The monoisotopic (exact) mass is 369 g/mol. The van der Waals surface area contributed by atoms with Crippen LogP contribution >= 0.6 is 31.8 Å². The Morgan fingerprint density at radius 1 is 0.682 bits per heavy atom. The van der Waals surface area contributed by atoms with E-state index in [2.05, 4.69) is 13.8 Å². The molecule has 0 radical (unpaired) electrons. The van der Waals surface area contributed by atoms with Gasteiger partial charge >= 0.3 is 8.25 Å². The summed E-state index contributed by atoms with van der Waals surface area (Å²) in [7, 11) is -1.93. The highest BCUT2D eigenvalue weighted by Crippen LogP contribution is 2.27. The third-order valence-corrected chi connectivity index (χ3v) is 6.02. The van der Waals surface area contributed by atoms with Crippen molar-refractivity contribution in [3.05, 3.63) is 0 Å². The van der Waals surface area contributed by atoms with Gasteiger partial charge in [0, 0.05) is 4.57 Å². The number of thioether (sulfide) groups is 2. The van der Waals surface area contributed by atoms with E-state index in [0.717, 1.165) is 11.5 Å². The first-order valence-corrected chi connectivity index (χ1v) is 12.1. The molecule has 132 valence electrons. The Labute approximate surface area is 147 Å². The number of hydrogen-bond donors (Lipinski definition) is 0. The Morgan fingerprint density at radius 2 is 1.09 bits per heavy atom. The molecular formula is C16H34O3PS2+. The van der Waals surface area contributed by atoms with Crippen LogP contribution in [0.15, 0.2) is 0 Å². The van der Waals surface area contributed by atoms with Crippen LogP contribution in [0.2, 0.25) is 0 Å². The summed E-state index contributed by atoms with van der Waals surface area (Å²) < 4.78 is 21.8. The fourth-order valence-electron chi connectivity index (χ4n) is 1.93. The van der Waals surface area contributed by atoms with Gasteiger partial charge in [-0.25, -0.2) is 0 Å². The van der Waals surface area contributed by atoms with Crippen LogP contribution in [0, 0.1) is 0 Å². The van der Waals surface area contributed by atoms with E-state index in [1.54, 1.807) is 23.5 Å². The van der Waals surface area contributed by atoms with E-state index in [9.17, 15) is 4.57 Å². The van der Waals surface area contributed by atoms with Crippen molar-refractivity contribution in [2.75, 3.05) is 23.4 Å². The fraction of sp³-hybridized carbons (Fsp3) is 1.00. The predicted molar refractivity (Wildman–Crippen MR) is 102 cm³/mol. The summed E-state index contributed by atoms with van der Waals surface area (Å²) in [4.78, 5) is 0. The van der Waals surface area contributed by atoms with E-state index in [-0.39, 0.29) is 0 Å². The lowest BCUT2D eigenvalue weighted by Crippen LogP contribution is -1.89. The second-order valence-corrected chi connectivity index (χ2v) is 8.43. The van der Waals surface area contributed by atoms with Gasteiger partial charge in [0.2, 0.25) is 0 Å². The van der Waals surface area contributed by atoms with Gasteiger partial charge in [-0.2, -0.15) is 0 Å². The number of rotatable bonds is 18. The van der Waals surface area contributed by atoms with E-state index in [1.807, 2.05) is 0 Å². The average Bonchev–Trinajstić information content (AvgIpc) is 2.52. The molecule has 0 atom stereocenters. The number of hydrogen-bond acceptors (Lipinski definition) is 5. The van der Waals surface area contributed by atoms with Crippen LogP contribution in [0.25, 0.3) is 0 Å². The SMILES string of the molecule is CCCCCCCSCO[P+](=O)OCSCCCCCCC. The first-order valence-electron chi connectivity index (χ1n) is 8.69. The fourth-order valence-corrected chi connectivity index (χ4v) is 4.34. The summed E-state index contributed by atoms with van der Waals surface area (Å²) in [5.41, 5.74) is 0. The van der Waals surface area contributed by atoms with Crippen molar-refractivity contribution < 1.29 is 13.6 Å². The van der Waals surface area contributed by atoms with Crippen LogP contribution < -0.4 is 0 Å². The molecule has 22 heavy (non-hydrogen) atoms. The van der Waals surface area contributed by atoms with Crippen molar-refractivity contribution in [2.24, 2.45) is 0 Å². The summed E-state index contributed by atoms with van der Waals surface area (Å²) in [6.45, 7) is 4.45. The van der Waals surface area contributed by atoms with Crippen molar-refractivity contribution >= 4 is 31.8 Å². The van der Waals surface area contributed by atoms with Crippen molar-refractivity contribution in [1.29, 1.82) is 0 Å². The summed E-state index contributed by atoms with van der Waals surface area (Å²) >= 11 is 3.40. The molecule has 0 aromatic rings. The molecule has 0 aliphatic carbocycles. The first-order chi connectivity index (χ1) is 10.8. The molecule has 0 aliphatic heterocycles. The van der Waals surface area contributed by atoms with Gasteiger partial charge in [0.25, 0.3) is 0 Å². The molecule has 0 fully saturated rings. The molecule has 0 rings (SSSR count). The Balaban J connectivity index is 3.13. The van der Waals surface area contributed by atoms with E-state index in [1.165, 1.54) is 64.2 Å². The normalized spacial score (nSPS) is 11.0. The Kier molecular flexibility index (Phi) is 20.4. The molecule has 6 heteroatoms. The van der Waals surface area contributed by atoms with Gasteiger partial charge in [0.1, 0.15) is 0 Å². The van der Waals surface area contributed by atoms with Gasteiger partial charge in [-0.1, -0.05) is 65.2 Å². The van der Waals surface area contributed by atoms with E-state index < -0.39 is 8.25 Å². The van der Waals surface area contributed by atoms with Crippen LogP contribution in [0.5, 0.6) is 0 Å². The molecule has 0 saturated heterocycles. The van der Waals surface area contributed by atoms with Crippen molar-refractivity contribution in [1.82, 2.24) is 0 Å². The molecule has 0 spiro atoms. The van der Waals surface area contributed by atoms with Gasteiger partial charge in [-0.05, 0) is 24.3 Å². The minimum Gasteiger partial charge on any atom is -0.129 e. The summed E-state index contributed by atoms with van der Waals surface area (Å²) in [5, 5.41) is 0. The van der Waals surface area contributed by atoms with Gasteiger partial charge in [0.05, 0.1) is 0 Å². The highest BCUT2D eigenvalue weighted by atomic mass is 32.2. The largest absolute Gasteiger partial charge is 0.699 e. The molecule has 0 saturated carbocycles. The van der Waals surface area contributed by atoms with Crippen molar-refractivity contribution in [2.45, 2.75) is 78.1 Å². The summed E-state index contributed by atoms with van der Waals surface area (Å²) in [6, 6.07) is 0. The lowest BCUT2D eigenvalue weighted by atomic mass is 10.2. The zero-order valence-electron chi connectivity index (χ0n) is 14.4. The minimum absolute atomic E-state index is 0.477. The molecule has 0 aliphatic rings. The van der Waals surface area contributed by atoms with Gasteiger partial charge in [0.15, 0.2) is 11.9 Å². The zero-order valence-corrected chi connectivity index (χ0v) is 16.9. The highest BCUT2D eigenvalue weighted by Gasteiger charge is 2.19. The molecule has 3 nitrogen and oxygen atoms in total. The summed E-state index contributed by atoms with van der Waals surface area (Å²) in [5.74, 6) is 3.12. The maximum atomic E-state index is 11.5. The van der Waals surface area contributed by atoms with Gasteiger partial charge < -0.3 is 0 Å². The molecule has 0 heterocycles. The lowest BCUT2D eigenvalue weighted by molar-refractivity contribution is 0.285. The van der Waals surface area contributed by atoms with Gasteiger partial charge in [-0.15, -0.1) is 32.6 Å². The second-order valence-electron chi connectivity index (χ2n) is 5.36. The third kappa shape index (κ3) is 18.8. The predicted octanol–water partition coefficient (Wildman–Crippen LogP) is 7.00. The van der Waals surface area contributed by atoms with E-state index in [0.29, 0.717) is 11.9 Å². The Morgan fingerprint density at radius 3 is 1.50 bits per heavy atom. The maximum Gasteiger partial charge on any atom is 0.699 e. The molecule has 0 N–H and O–H groups in total. The molecule has 0 bridgehead atoms. The maximum absolute atomic E-state index is 11.5. The first kappa shape index (κ1) is 22.7. The zero-order chi connectivity index (χ0) is 16.3. The van der Waals surface area contributed by atoms with Crippen LogP contribution in [-0.2, 0) is 13.6 Å². The second kappa shape index (κ2) is 19.8. The lowest BCUT2D eigenvalue weighted by Gasteiger charge is -1.99. The Bertz CT molecular complexity index is 221. The number of unbranched alkanes of at least 4 members (excludes halogenated alkanes) is 8. The van der Waals surface area contributed by atoms with Crippen LogP contribution in [0.4, 0.5) is 0 Å². The molecule has 0 aromatic heterocycles. The molecule has 0 amide bonds. The molecule has 0 unspecified atom stereocenters. The van der Waals surface area contributed by atoms with E-state index in [4.69, 9.17) is 9.05 Å². The quantitative estimate of drug-likeness (QED) is 0.148. The van der Waals surface area contributed by atoms with Crippen LogP contribution in [-0.4, -0.2) is 23.4 Å². The topological polar surface area (TPSA) is 35.5 Å². The summed E-state index contributed by atoms with van der Waals surface area (Å²) in [6.07, 6.45) is 12.9. The van der Waals surface area contributed by atoms with Crippen molar-refractivity contribution in [3.8, 4) is 0 Å². The van der Waals surface area contributed by atoms with Crippen LogP contribution in [0.3, 0.4) is 0 Å². The van der Waals surface area contributed by atoms with Gasteiger partial charge in [-0.3, -0.25) is 0 Å². The minimum atomic E-state index is -1.93. The molecule has 0 aromatic carbocycles.